The maximum absolute atomic E-state index is 13.6. The lowest BCUT2D eigenvalue weighted by molar-refractivity contribution is 0.418. The van der Waals surface area contributed by atoms with Gasteiger partial charge in [-0.05, 0) is 39.8 Å². The first-order valence-corrected chi connectivity index (χ1v) is 6.28. The third-order valence-corrected chi connectivity index (χ3v) is 2.89. The fraction of sp³-hybridized carbons (Fsp3) is 0.429. The molecule has 0 saturated heterocycles. The number of nitrogens with one attached hydrogen (secondary N) is 1. The Labute approximate surface area is 112 Å². The average Bonchev–Trinajstić information content (AvgIpc) is 2.77. The van der Waals surface area contributed by atoms with Crippen LogP contribution in [0.3, 0.4) is 0 Å². The lowest BCUT2D eigenvalue weighted by Gasteiger charge is -2.20. The molecule has 0 atom stereocenters. The smallest absolute Gasteiger partial charge is 0.128 e. The van der Waals surface area contributed by atoms with Gasteiger partial charge in [0, 0.05) is 17.6 Å². The first kappa shape index (κ1) is 13.7. The third-order valence-electron chi connectivity index (χ3n) is 2.89. The highest BCUT2D eigenvalue weighted by Gasteiger charge is 2.14. The molecular formula is C14H19FN4. The molecule has 0 unspecified atom stereocenters. The van der Waals surface area contributed by atoms with Crippen molar-refractivity contribution in [1.29, 1.82) is 0 Å². The largest absolute Gasteiger partial charge is 0.306 e. The van der Waals surface area contributed by atoms with Crippen molar-refractivity contribution in [3.63, 3.8) is 0 Å². The number of benzene rings is 1. The Balaban J connectivity index is 2.31. The van der Waals surface area contributed by atoms with Crippen LogP contribution in [-0.2, 0) is 6.54 Å². The molecule has 1 aromatic carbocycles. The summed E-state index contributed by atoms with van der Waals surface area (Å²) < 4.78 is 15.3. The third kappa shape index (κ3) is 3.17. The van der Waals surface area contributed by atoms with Crippen LogP contribution in [0.1, 0.15) is 32.0 Å². The van der Waals surface area contributed by atoms with E-state index in [4.69, 9.17) is 0 Å². The summed E-state index contributed by atoms with van der Waals surface area (Å²) in [4.78, 5) is 0. The second-order valence-corrected chi connectivity index (χ2v) is 5.62. The minimum absolute atomic E-state index is 0.00603. The molecule has 0 bridgehead atoms. The van der Waals surface area contributed by atoms with Crippen LogP contribution in [0.25, 0.3) is 5.69 Å². The van der Waals surface area contributed by atoms with Crippen LogP contribution in [0.5, 0.6) is 0 Å². The topological polar surface area (TPSA) is 42.7 Å². The van der Waals surface area contributed by atoms with Crippen LogP contribution in [0, 0.1) is 12.7 Å². The molecule has 102 valence electrons. The van der Waals surface area contributed by atoms with E-state index in [1.54, 1.807) is 23.9 Å². The molecule has 1 heterocycles. The molecule has 0 amide bonds. The molecule has 0 aliphatic heterocycles. The van der Waals surface area contributed by atoms with Crippen LogP contribution < -0.4 is 5.32 Å². The zero-order valence-corrected chi connectivity index (χ0v) is 11.7. The Kier molecular flexibility index (Phi) is 3.66. The summed E-state index contributed by atoms with van der Waals surface area (Å²) >= 11 is 0. The van der Waals surface area contributed by atoms with Gasteiger partial charge in [-0.2, -0.15) is 0 Å². The predicted octanol–water partition coefficient (Wildman–Crippen LogP) is 2.60. The minimum Gasteiger partial charge on any atom is -0.306 e. The lowest BCUT2D eigenvalue weighted by atomic mass is 10.1. The van der Waals surface area contributed by atoms with E-state index in [1.807, 2.05) is 6.07 Å². The minimum atomic E-state index is -0.234. The number of hydrogen-bond donors (Lipinski definition) is 1. The predicted molar refractivity (Wildman–Crippen MR) is 72.6 cm³/mol. The molecule has 0 aliphatic carbocycles. The van der Waals surface area contributed by atoms with E-state index in [2.05, 4.69) is 36.4 Å². The van der Waals surface area contributed by atoms with Gasteiger partial charge in [0.2, 0.25) is 0 Å². The lowest BCUT2D eigenvalue weighted by Crippen LogP contribution is -2.35. The van der Waals surface area contributed by atoms with Crippen LogP contribution in [0.4, 0.5) is 4.39 Å². The van der Waals surface area contributed by atoms with Gasteiger partial charge in [0.15, 0.2) is 0 Å². The van der Waals surface area contributed by atoms with Gasteiger partial charge in [0.25, 0.3) is 0 Å². The first-order valence-electron chi connectivity index (χ1n) is 6.28. The monoisotopic (exact) mass is 262 g/mol. The highest BCUT2D eigenvalue weighted by atomic mass is 19.1. The van der Waals surface area contributed by atoms with E-state index in [9.17, 15) is 4.39 Å². The van der Waals surface area contributed by atoms with Gasteiger partial charge in [-0.25, -0.2) is 9.07 Å². The summed E-state index contributed by atoms with van der Waals surface area (Å²) in [5.74, 6) is -0.234. The Morgan fingerprint density at radius 3 is 2.74 bits per heavy atom. The highest BCUT2D eigenvalue weighted by molar-refractivity contribution is 5.41. The van der Waals surface area contributed by atoms with Crippen molar-refractivity contribution in [3.05, 3.63) is 41.5 Å². The van der Waals surface area contributed by atoms with Gasteiger partial charge in [-0.15, -0.1) is 5.10 Å². The van der Waals surface area contributed by atoms with E-state index < -0.39 is 0 Å². The van der Waals surface area contributed by atoms with Crippen molar-refractivity contribution in [1.82, 2.24) is 20.3 Å². The molecule has 0 spiro atoms. The molecule has 19 heavy (non-hydrogen) atoms. The second kappa shape index (κ2) is 5.09. The van der Waals surface area contributed by atoms with Crippen LogP contribution >= 0.6 is 0 Å². The van der Waals surface area contributed by atoms with Crippen molar-refractivity contribution < 1.29 is 4.39 Å². The molecule has 0 saturated carbocycles. The van der Waals surface area contributed by atoms with Gasteiger partial charge >= 0.3 is 0 Å². The summed E-state index contributed by atoms with van der Waals surface area (Å²) in [6.07, 6.45) is 1.70. The van der Waals surface area contributed by atoms with Gasteiger partial charge in [-0.3, -0.25) is 0 Å². The maximum Gasteiger partial charge on any atom is 0.128 e. The Bertz CT molecular complexity index is 569. The van der Waals surface area contributed by atoms with Crippen LogP contribution in [-0.4, -0.2) is 20.5 Å². The standard InChI is InChI=1S/C14H19FN4/c1-10-12(15)6-5-7-13(10)19-11(9-17-18-19)8-16-14(2,3)4/h5-7,9,16H,8H2,1-4H3. The summed E-state index contributed by atoms with van der Waals surface area (Å²) in [5, 5.41) is 11.3. The molecule has 2 aromatic rings. The first-order chi connectivity index (χ1) is 8.88. The van der Waals surface area contributed by atoms with E-state index in [1.165, 1.54) is 6.07 Å². The fourth-order valence-electron chi connectivity index (χ4n) is 1.76. The molecule has 5 heteroatoms. The van der Waals surface area contributed by atoms with Gasteiger partial charge in [0.1, 0.15) is 5.82 Å². The normalized spacial score (nSPS) is 11.8. The quantitative estimate of drug-likeness (QED) is 0.924. The summed E-state index contributed by atoms with van der Waals surface area (Å²) in [5.41, 5.74) is 2.21. The highest BCUT2D eigenvalue weighted by Crippen LogP contribution is 2.17. The van der Waals surface area contributed by atoms with E-state index in [0.29, 0.717) is 12.1 Å². The van der Waals surface area contributed by atoms with E-state index >= 15 is 0 Å². The number of aromatic nitrogens is 3. The molecule has 0 radical (unpaired) electrons. The van der Waals surface area contributed by atoms with Gasteiger partial charge in [0.05, 0.1) is 17.6 Å². The molecule has 4 nitrogen and oxygen atoms in total. The summed E-state index contributed by atoms with van der Waals surface area (Å²) in [7, 11) is 0. The second-order valence-electron chi connectivity index (χ2n) is 5.62. The molecule has 1 N–H and O–H groups in total. The van der Waals surface area contributed by atoms with E-state index in [-0.39, 0.29) is 11.4 Å². The summed E-state index contributed by atoms with van der Waals surface area (Å²) in [6, 6.07) is 4.97. The molecule has 1 aromatic heterocycles. The maximum atomic E-state index is 13.6. The zero-order chi connectivity index (χ0) is 14.0. The SMILES string of the molecule is Cc1c(F)cccc1-n1nncc1CNC(C)(C)C. The molecular weight excluding hydrogens is 243 g/mol. The molecule has 0 aliphatic rings. The fourth-order valence-corrected chi connectivity index (χ4v) is 1.76. The van der Waals surface area contributed by atoms with Crippen molar-refractivity contribution in [3.8, 4) is 5.69 Å². The average molecular weight is 262 g/mol. The summed E-state index contributed by atoms with van der Waals surface area (Å²) in [6.45, 7) is 8.65. The van der Waals surface area contributed by atoms with Gasteiger partial charge in [-0.1, -0.05) is 11.3 Å². The zero-order valence-electron chi connectivity index (χ0n) is 11.7. The number of hydrogen-bond acceptors (Lipinski definition) is 3. The van der Waals surface area contributed by atoms with Crippen molar-refractivity contribution in [2.24, 2.45) is 0 Å². The van der Waals surface area contributed by atoms with Gasteiger partial charge < -0.3 is 5.32 Å². The Hall–Kier alpha value is -1.75. The molecule has 0 fully saturated rings. The van der Waals surface area contributed by atoms with Crippen molar-refractivity contribution in [2.75, 3.05) is 0 Å². The Morgan fingerprint density at radius 2 is 2.05 bits per heavy atom. The number of rotatable bonds is 3. The van der Waals surface area contributed by atoms with Crippen LogP contribution in [0.2, 0.25) is 0 Å². The van der Waals surface area contributed by atoms with Crippen molar-refractivity contribution >= 4 is 0 Å². The van der Waals surface area contributed by atoms with E-state index in [0.717, 1.165) is 11.4 Å². The molecule has 2 rings (SSSR count). The Morgan fingerprint density at radius 1 is 1.32 bits per heavy atom. The number of nitrogens with zero attached hydrogens (tertiary/aromatic N) is 3. The number of halogens is 1. The van der Waals surface area contributed by atoms with Crippen molar-refractivity contribution in [2.45, 2.75) is 39.8 Å². The van der Waals surface area contributed by atoms with Crippen LogP contribution in [0.15, 0.2) is 24.4 Å².